The van der Waals surface area contributed by atoms with Crippen LogP contribution in [0.2, 0.25) is 0 Å². The predicted molar refractivity (Wildman–Crippen MR) is 91.4 cm³/mol. The van der Waals surface area contributed by atoms with Gasteiger partial charge in [0.05, 0.1) is 38.5 Å². The predicted octanol–water partition coefficient (Wildman–Crippen LogP) is 2.47. The monoisotopic (exact) mass is 326 g/mol. The summed E-state index contributed by atoms with van der Waals surface area (Å²) in [5, 5.41) is 5.77. The first kappa shape index (κ1) is 16.5. The largest absolute Gasteiger partial charge is 0.375 e. The van der Waals surface area contributed by atoms with E-state index in [1.54, 1.807) is 0 Å². The highest BCUT2D eigenvalue weighted by molar-refractivity contribution is 5.77. The fourth-order valence-corrected chi connectivity index (χ4v) is 2.65. The van der Waals surface area contributed by atoms with Gasteiger partial charge in [0.2, 0.25) is 0 Å². The molecule has 0 spiro atoms. The van der Waals surface area contributed by atoms with Crippen molar-refractivity contribution in [2.75, 3.05) is 13.2 Å². The van der Waals surface area contributed by atoms with Crippen LogP contribution in [-0.2, 0) is 22.7 Å². The van der Waals surface area contributed by atoms with Crippen LogP contribution in [0.5, 0.6) is 0 Å². The first-order chi connectivity index (χ1) is 11.8. The molecule has 126 valence electrons. The molecule has 5 nitrogen and oxygen atoms in total. The highest BCUT2D eigenvalue weighted by atomic mass is 16.5. The van der Waals surface area contributed by atoms with E-state index in [4.69, 9.17) is 9.47 Å². The van der Waals surface area contributed by atoms with Gasteiger partial charge < -0.3 is 20.1 Å². The lowest BCUT2D eigenvalue weighted by Gasteiger charge is -2.18. The molecular formula is C19H22N2O3. The summed E-state index contributed by atoms with van der Waals surface area (Å²) < 4.78 is 11.5. The van der Waals surface area contributed by atoms with E-state index in [-0.39, 0.29) is 18.1 Å². The first-order valence-corrected chi connectivity index (χ1v) is 8.11. The molecule has 3 rings (SSSR count). The van der Waals surface area contributed by atoms with E-state index in [2.05, 4.69) is 10.6 Å². The molecule has 0 radical (unpaired) electrons. The highest BCUT2D eigenvalue weighted by Gasteiger charge is 2.31. The Morgan fingerprint density at radius 1 is 0.708 bits per heavy atom. The molecule has 2 aromatic rings. The number of amides is 2. The zero-order chi connectivity index (χ0) is 16.6. The molecular weight excluding hydrogens is 304 g/mol. The quantitative estimate of drug-likeness (QED) is 0.783. The SMILES string of the molecule is O=C1NC(COCc2ccccc2)C(COCc2ccccc2)N1. The minimum atomic E-state index is -0.170. The molecule has 1 fully saturated rings. The van der Waals surface area contributed by atoms with Gasteiger partial charge in [-0.05, 0) is 11.1 Å². The number of hydrogen-bond acceptors (Lipinski definition) is 3. The number of carbonyl (C=O) groups is 1. The molecule has 1 aliphatic rings. The van der Waals surface area contributed by atoms with Gasteiger partial charge in [0.25, 0.3) is 0 Å². The molecule has 1 saturated heterocycles. The minimum Gasteiger partial charge on any atom is -0.375 e. The average Bonchev–Trinajstić information content (AvgIpc) is 2.96. The minimum absolute atomic E-state index is 0.0861. The smallest absolute Gasteiger partial charge is 0.315 e. The van der Waals surface area contributed by atoms with Crippen molar-refractivity contribution in [3.8, 4) is 0 Å². The Kier molecular flexibility index (Phi) is 5.82. The maximum absolute atomic E-state index is 11.6. The van der Waals surface area contributed by atoms with Crippen molar-refractivity contribution in [3.05, 3.63) is 71.8 Å². The maximum Gasteiger partial charge on any atom is 0.315 e. The Labute approximate surface area is 142 Å². The molecule has 2 N–H and O–H groups in total. The van der Waals surface area contributed by atoms with Gasteiger partial charge >= 0.3 is 6.03 Å². The van der Waals surface area contributed by atoms with E-state index in [1.807, 2.05) is 60.7 Å². The van der Waals surface area contributed by atoms with Gasteiger partial charge in [0, 0.05) is 0 Å². The Bertz CT molecular complexity index is 578. The summed E-state index contributed by atoms with van der Waals surface area (Å²) in [6.07, 6.45) is 0. The highest BCUT2D eigenvalue weighted by Crippen LogP contribution is 2.08. The number of urea groups is 1. The van der Waals surface area contributed by atoms with Crippen LogP contribution in [0.1, 0.15) is 11.1 Å². The number of benzene rings is 2. The molecule has 0 bridgehead atoms. The summed E-state index contributed by atoms with van der Waals surface area (Å²) >= 11 is 0. The molecule has 2 unspecified atom stereocenters. The Morgan fingerprint density at radius 2 is 1.12 bits per heavy atom. The number of nitrogens with one attached hydrogen (secondary N) is 2. The second-order valence-corrected chi connectivity index (χ2v) is 5.83. The Hall–Kier alpha value is -2.37. The van der Waals surface area contributed by atoms with Crippen LogP contribution in [0.3, 0.4) is 0 Å². The number of carbonyl (C=O) groups excluding carboxylic acids is 1. The molecule has 1 heterocycles. The fourth-order valence-electron chi connectivity index (χ4n) is 2.65. The van der Waals surface area contributed by atoms with Gasteiger partial charge in [-0.2, -0.15) is 0 Å². The van der Waals surface area contributed by atoms with E-state index >= 15 is 0 Å². The number of ether oxygens (including phenoxy) is 2. The molecule has 0 saturated carbocycles. The maximum atomic E-state index is 11.6. The lowest BCUT2D eigenvalue weighted by molar-refractivity contribution is 0.0661. The molecule has 5 heteroatoms. The van der Waals surface area contributed by atoms with Crippen LogP contribution in [0.25, 0.3) is 0 Å². The lowest BCUT2D eigenvalue weighted by Crippen LogP contribution is -2.40. The van der Waals surface area contributed by atoms with E-state index in [1.165, 1.54) is 0 Å². The van der Waals surface area contributed by atoms with Gasteiger partial charge in [0.15, 0.2) is 0 Å². The summed E-state index contributed by atoms with van der Waals surface area (Å²) in [5.74, 6) is 0. The third-order valence-electron chi connectivity index (χ3n) is 3.94. The van der Waals surface area contributed by atoms with Gasteiger partial charge in [-0.1, -0.05) is 60.7 Å². The second-order valence-electron chi connectivity index (χ2n) is 5.83. The van der Waals surface area contributed by atoms with Crippen molar-refractivity contribution in [3.63, 3.8) is 0 Å². The molecule has 2 atom stereocenters. The van der Waals surface area contributed by atoms with E-state index in [0.717, 1.165) is 11.1 Å². The number of hydrogen-bond donors (Lipinski definition) is 2. The lowest BCUT2D eigenvalue weighted by atomic mass is 10.1. The van der Waals surface area contributed by atoms with Gasteiger partial charge in [0.1, 0.15) is 0 Å². The van der Waals surface area contributed by atoms with E-state index in [9.17, 15) is 4.79 Å². The first-order valence-electron chi connectivity index (χ1n) is 8.11. The second kappa shape index (κ2) is 8.47. The van der Waals surface area contributed by atoms with Crippen LogP contribution in [0, 0.1) is 0 Å². The third-order valence-corrected chi connectivity index (χ3v) is 3.94. The van der Waals surface area contributed by atoms with Crippen molar-refractivity contribution >= 4 is 6.03 Å². The van der Waals surface area contributed by atoms with Crippen molar-refractivity contribution in [1.29, 1.82) is 0 Å². The van der Waals surface area contributed by atoms with E-state index < -0.39 is 0 Å². The average molecular weight is 326 g/mol. The van der Waals surface area contributed by atoms with E-state index in [0.29, 0.717) is 26.4 Å². The summed E-state index contributed by atoms with van der Waals surface area (Å²) in [4.78, 5) is 11.6. The normalized spacial score (nSPS) is 19.8. The van der Waals surface area contributed by atoms with Crippen LogP contribution in [-0.4, -0.2) is 31.3 Å². The van der Waals surface area contributed by atoms with Gasteiger partial charge in [-0.15, -0.1) is 0 Å². The third kappa shape index (κ3) is 4.81. The molecule has 0 aromatic heterocycles. The van der Waals surface area contributed by atoms with Crippen molar-refractivity contribution < 1.29 is 14.3 Å². The van der Waals surface area contributed by atoms with Gasteiger partial charge in [-0.25, -0.2) is 4.79 Å². The molecule has 24 heavy (non-hydrogen) atoms. The summed E-state index contributed by atoms with van der Waals surface area (Å²) in [5.41, 5.74) is 2.23. The molecule has 1 aliphatic heterocycles. The summed E-state index contributed by atoms with van der Waals surface area (Å²) in [6, 6.07) is 19.6. The number of rotatable bonds is 8. The molecule has 2 amide bonds. The standard InChI is InChI=1S/C19H22N2O3/c22-19-20-17(13-23-11-15-7-3-1-4-8-15)18(21-19)14-24-12-16-9-5-2-6-10-16/h1-10,17-18H,11-14H2,(H2,20,21,22). The van der Waals surface area contributed by atoms with Crippen LogP contribution < -0.4 is 10.6 Å². The molecule has 2 aromatic carbocycles. The van der Waals surface area contributed by atoms with Crippen LogP contribution in [0.15, 0.2) is 60.7 Å². The Balaban J connectivity index is 1.42. The zero-order valence-corrected chi connectivity index (χ0v) is 13.5. The zero-order valence-electron chi connectivity index (χ0n) is 13.5. The summed E-state index contributed by atoms with van der Waals surface area (Å²) in [6.45, 7) is 1.97. The molecule has 0 aliphatic carbocycles. The van der Waals surface area contributed by atoms with Crippen molar-refractivity contribution in [2.24, 2.45) is 0 Å². The van der Waals surface area contributed by atoms with Crippen molar-refractivity contribution in [2.45, 2.75) is 25.3 Å². The Morgan fingerprint density at radius 3 is 1.54 bits per heavy atom. The van der Waals surface area contributed by atoms with Crippen LogP contribution >= 0.6 is 0 Å². The van der Waals surface area contributed by atoms with Gasteiger partial charge in [-0.3, -0.25) is 0 Å². The summed E-state index contributed by atoms with van der Waals surface area (Å²) in [7, 11) is 0. The van der Waals surface area contributed by atoms with Crippen LogP contribution in [0.4, 0.5) is 4.79 Å². The van der Waals surface area contributed by atoms with Crippen molar-refractivity contribution in [1.82, 2.24) is 10.6 Å². The topological polar surface area (TPSA) is 59.6 Å². The fraction of sp³-hybridized carbons (Fsp3) is 0.316.